The molecule has 1 saturated heterocycles. The summed E-state index contributed by atoms with van der Waals surface area (Å²) in [5, 5.41) is 0. The lowest BCUT2D eigenvalue weighted by Crippen LogP contribution is -2.37. The second-order valence-electron chi connectivity index (χ2n) is 5.92. The predicted molar refractivity (Wildman–Crippen MR) is 94.8 cm³/mol. The molecule has 0 radical (unpaired) electrons. The smallest absolute Gasteiger partial charge is 0.129 e. The van der Waals surface area contributed by atoms with Crippen molar-refractivity contribution in [2.24, 2.45) is 0 Å². The van der Waals surface area contributed by atoms with E-state index in [1.165, 1.54) is 12.0 Å². The Morgan fingerprint density at radius 3 is 2.82 bits per heavy atom. The molecule has 0 N–H and O–H groups in total. The first-order valence-corrected chi connectivity index (χ1v) is 7.80. The van der Waals surface area contributed by atoms with E-state index < -0.39 is 0 Å². The Hall–Kier alpha value is -1.98. The molecule has 1 aliphatic heterocycles. The maximum atomic E-state index is 5.91. The van der Waals surface area contributed by atoms with Crippen LogP contribution < -0.4 is 4.90 Å². The summed E-state index contributed by atoms with van der Waals surface area (Å²) >= 11 is 0. The van der Waals surface area contributed by atoms with Crippen LogP contribution in [0.2, 0.25) is 0 Å². The lowest BCUT2D eigenvalue weighted by molar-refractivity contribution is 0.0174. The van der Waals surface area contributed by atoms with E-state index in [0.29, 0.717) is 6.42 Å². The molecule has 1 unspecified atom stereocenters. The van der Waals surface area contributed by atoms with Crippen molar-refractivity contribution in [3.05, 3.63) is 48.1 Å². The van der Waals surface area contributed by atoms with E-state index in [4.69, 9.17) is 11.2 Å². The molecular weight excluding hydrogens is 270 g/mol. The van der Waals surface area contributed by atoms with Crippen molar-refractivity contribution in [3.63, 3.8) is 0 Å². The standard InChI is InChI=1S/C20H25NO/c1-6-9-16(3)17(4)18-14-15(2)11-12-19(18)21(5)20-10-7-8-13-22-20/h1,11-12,14,20H,3-4,7-10,13H2,2,5H3. The summed E-state index contributed by atoms with van der Waals surface area (Å²) in [5.74, 6) is 2.65. The average Bonchev–Trinajstić information content (AvgIpc) is 2.54. The number of allylic oxidation sites excluding steroid dienone is 2. The normalized spacial score (nSPS) is 17.6. The number of anilines is 1. The number of terminal acetylenes is 1. The molecule has 0 aliphatic carbocycles. The van der Waals surface area contributed by atoms with Gasteiger partial charge in [-0.25, -0.2) is 0 Å². The van der Waals surface area contributed by atoms with Gasteiger partial charge in [0.25, 0.3) is 0 Å². The summed E-state index contributed by atoms with van der Waals surface area (Å²) in [5.41, 5.74) is 5.23. The molecule has 2 heteroatoms. The molecule has 22 heavy (non-hydrogen) atoms. The second-order valence-corrected chi connectivity index (χ2v) is 5.92. The van der Waals surface area contributed by atoms with Gasteiger partial charge in [0.1, 0.15) is 6.23 Å². The van der Waals surface area contributed by atoms with E-state index in [2.05, 4.69) is 56.1 Å². The molecule has 0 saturated carbocycles. The minimum Gasteiger partial charge on any atom is -0.358 e. The third-order valence-corrected chi connectivity index (χ3v) is 4.19. The highest BCUT2D eigenvalue weighted by molar-refractivity contribution is 5.85. The molecule has 0 aromatic heterocycles. The van der Waals surface area contributed by atoms with Crippen molar-refractivity contribution < 1.29 is 4.74 Å². The van der Waals surface area contributed by atoms with Crippen LogP contribution in [0.5, 0.6) is 0 Å². The Bertz CT molecular complexity index is 603. The maximum Gasteiger partial charge on any atom is 0.129 e. The Kier molecular flexibility index (Phi) is 5.46. The van der Waals surface area contributed by atoms with Crippen LogP contribution in [-0.2, 0) is 4.74 Å². The van der Waals surface area contributed by atoms with Gasteiger partial charge in [-0.05, 0) is 49.5 Å². The highest BCUT2D eigenvalue weighted by atomic mass is 16.5. The van der Waals surface area contributed by atoms with Crippen LogP contribution in [0.3, 0.4) is 0 Å². The van der Waals surface area contributed by atoms with Gasteiger partial charge < -0.3 is 9.64 Å². The van der Waals surface area contributed by atoms with Gasteiger partial charge in [-0.15, -0.1) is 12.3 Å². The van der Waals surface area contributed by atoms with Gasteiger partial charge in [-0.3, -0.25) is 0 Å². The van der Waals surface area contributed by atoms with Crippen LogP contribution in [0.1, 0.15) is 36.8 Å². The zero-order chi connectivity index (χ0) is 16.1. The van der Waals surface area contributed by atoms with Crippen LogP contribution >= 0.6 is 0 Å². The summed E-state index contributed by atoms with van der Waals surface area (Å²) in [6, 6.07) is 6.41. The van der Waals surface area contributed by atoms with Crippen molar-refractivity contribution >= 4 is 11.3 Å². The van der Waals surface area contributed by atoms with Crippen molar-refractivity contribution in [2.75, 3.05) is 18.6 Å². The summed E-state index contributed by atoms with van der Waals surface area (Å²) in [7, 11) is 2.08. The van der Waals surface area contributed by atoms with Crippen LogP contribution in [0, 0.1) is 19.3 Å². The first kappa shape index (κ1) is 16.4. The first-order chi connectivity index (χ1) is 10.5. The zero-order valence-electron chi connectivity index (χ0n) is 13.7. The van der Waals surface area contributed by atoms with Gasteiger partial charge in [0.05, 0.1) is 0 Å². The van der Waals surface area contributed by atoms with E-state index in [9.17, 15) is 0 Å². The van der Waals surface area contributed by atoms with Gasteiger partial charge in [0.15, 0.2) is 0 Å². The number of hydrogen-bond donors (Lipinski definition) is 0. The molecule has 1 fully saturated rings. The third kappa shape index (κ3) is 3.61. The molecule has 1 aliphatic rings. The molecule has 1 heterocycles. The fourth-order valence-electron chi connectivity index (χ4n) is 2.80. The summed E-state index contributed by atoms with van der Waals surface area (Å²) in [4.78, 5) is 2.21. The number of rotatable bonds is 5. The van der Waals surface area contributed by atoms with E-state index in [-0.39, 0.29) is 6.23 Å². The van der Waals surface area contributed by atoms with Gasteiger partial charge >= 0.3 is 0 Å². The minimum absolute atomic E-state index is 0.129. The number of ether oxygens (including phenoxy) is 1. The summed E-state index contributed by atoms with van der Waals surface area (Å²) in [6.45, 7) is 11.2. The number of nitrogens with zero attached hydrogens (tertiary/aromatic N) is 1. The van der Waals surface area contributed by atoms with Crippen molar-refractivity contribution in [1.82, 2.24) is 0 Å². The lowest BCUT2D eigenvalue weighted by Gasteiger charge is -2.34. The van der Waals surface area contributed by atoms with E-state index in [1.807, 2.05) is 0 Å². The van der Waals surface area contributed by atoms with Crippen LogP contribution in [-0.4, -0.2) is 19.9 Å². The van der Waals surface area contributed by atoms with Crippen molar-refractivity contribution in [1.29, 1.82) is 0 Å². The zero-order valence-corrected chi connectivity index (χ0v) is 13.7. The molecule has 1 aromatic rings. The van der Waals surface area contributed by atoms with Gasteiger partial charge in [0.2, 0.25) is 0 Å². The van der Waals surface area contributed by atoms with Crippen molar-refractivity contribution in [2.45, 2.75) is 38.8 Å². The Morgan fingerprint density at radius 1 is 1.41 bits per heavy atom. The molecule has 1 atom stereocenters. The third-order valence-electron chi connectivity index (χ3n) is 4.19. The number of aryl methyl sites for hydroxylation is 1. The fraction of sp³-hybridized carbons (Fsp3) is 0.400. The lowest BCUT2D eigenvalue weighted by atomic mass is 9.95. The van der Waals surface area contributed by atoms with Gasteiger partial charge in [0, 0.05) is 31.3 Å². The maximum absolute atomic E-state index is 5.91. The Morgan fingerprint density at radius 2 is 2.18 bits per heavy atom. The topological polar surface area (TPSA) is 12.5 Å². The van der Waals surface area contributed by atoms with Crippen LogP contribution in [0.15, 0.2) is 36.9 Å². The highest BCUT2D eigenvalue weighted by Crippen LogP contribution is 2.33. The van der Waals surface area contributed by atoms with Crippen LogP contribution in [0.25, 0.3) is 5.57 Å². The van der Waals surface area contributed by atoms with E-state index in [0.717, 1.165) is 41.8 Å². The Labute approximate surface area is 134 Å². The van der Waals surface area contributed by atoms with Crippen LogP contribution in [0.4, 0.5) is 5.69 Å². The molecule has 0 spiro atoms. The fourth-order valence-corrected chi connectivity index (χ4v) is 2.80. The van der Waals surface area contributed by atoms with Gasteiger partial charge in [-0.1, -0.05) is 24.8 Å². The number of hydrogen-bond acceptors (Lipinski definition) is 2. The van der Waals surface area contributed by atoms with E-state index in [1.54, 1.807) is 0 Å². The molecular formula is C20H25NO. The van der Waals surface area contributed by atoms with E-state index >= 15 is 0 Å². The minimum atomic E-state index is 0.129. The summed E-state index contributed by atoms with van der Waals surface area (Å²) in [6.07, 6.45) is 9.48. The number of benzene rings is 1. The molecule has 2 nitrogen and oxygen atoms in total. The SMILES string of the molecule is C#CCC(=C)C(=C)c1cc(C)ccc1N(C)C1CCCCO1. The largest absolute Gasteiger partial charge is 0.358 e. The highest BCUT2D eigenvalue weighted by Gasteiger charge is 2.22. The monoisotopic (exact) mass is 295 g/mol. The molecule has 116 valence electrons. The van der Waals surface area contributed by atoms with Crippen molar-refractivity contribution in [3.8, 4) is 12.3 Å². The molecule has 0 bridgehead atoms. The predicted octanol–water partition coefficient (Wildman–Crippen LogP) is 4.55. The quantitative estimate of drug-likeness (QED) is 0.583. The summed E-state index contributed by atoms with van der Waals surface area (Å²) < 4.78 is 5.91. The molecule has 1 aromatic carbocycles. The molecule has 2 rings (SSSR count). The van der Waals surface area contributed by atoms with Gasteiger partial charge in [-0.2, -0.15) is 0 Å². The Balaban J connectivity index is 2.33. The first-order valence-electron chi connectivity index (χ1n) is 7.80. The average molecular weight is 295 g/mol. The molecule has 0 amide bonds. The second kappa shape index (κ2) is 7.33.